The molecule has 1 heterocycles. The Morgan fingerprint density at radius 1 is 1.11 bits per heavy atom. The number of Topliss-reactive ketones (excluding diaryl/α,β-unsaturated/α-hetero) is 1. The van der Waals surface area contributed by atoms with Gasteiger partial charge in [-0.3, -0.25) is 9.69 Å². The van der Waals surface area contributed by atoms with Gasteiger partial charge in [0.05, 0.1) is 35.5 Å². The highest BCUT2D eigenvalue weighted by atomic mass is 19.4. The van der Waals surface area contributed by atoms with Gasteiger partial charge in [0.2, 0.25) is 0 Å². The Morgan fingerprint density at radius 3 is 2.43 bits per heavy atom. The molecule has 192 valence electrons. The molecule has 2 aliphatic rings. The van der Waals surface area contributed by atoms with Crippen molar-refractivity contribution in [3.05, 3.63) is 76.5 Å². The minimum atomic E-state index is -4.73. The monoisotopic (exact) mass is 518 g/mol. The molecule has 1 aliphatic heterocycles. The minimum absolute atomic E-state index is 0.000154. The van der Waals surface area contributed by atoms with Crippen molar-refractivity contribution < 1.29 is 36.3 Å². The molecule has 0 bridgehead atoms. The summed E-state index contributed by atoms with van der Waals surface area (Å²) >= 11 is 0. The number of hydrogen-bond donors (Lipinski definition) is 1. The summed E-state index contributed by atoms with van der Waals surface area (Å²) in [6.45, 7) is -1.09. The van der Waals surface area contributed by atoms with E-state index in [0.717, 1.165) is 23.1 Å². The fraction of sp³-hybridized carbons (Fsp3) is 0.280. The van der Waals surface area contributed by atoms with Crippen LogP contribution in [0.25, 0.3) is 0 Å². The molecule has 0 spiro atoms. The first-order valence-electron chi connectivity index (χ1n) is 11.2. The number of halogens is 5. The van der Waals surface area contributed by atoms with Gasteiger partial charge in [-0.05, 0) is 48.7 Å². The van der Waals surface area contributed by atoms with Gasteiger partial charge in [-0.25, -0.2) is 23.3 Å². The number of nitrogens with one attached hydrogen (secondary N) is 1. The van der Waals surface area contributed by atoms with Crippen molar-refractivity contribution in [3.63, 3.8) is 0 Å². The molecule has 1 N–H and O–H groups in total. The molecule has 7 nitrogen and oxygen atoms in total. The van der Waals surface area contributed by atoms with Crippen LogP contribution >= 0.6 is 0 Å². The Kier molecular flexibility index (Phi) is 6.98. The number of rotatable bonds is 4. The number of anilines is 1. The molecule has 37 heavy (non-hydrogen) atoms. The first kappa shape index (κ1) is 25.8. The summed E-state index contributed by atoms with van der Waals surface area (Å²) in [5.74, 6) is -0.438. The number of nitriles is 1. The number of nitrogens with zero attached hydrogens (tertiary/aromatic N) is 3. The maximum Gasteiger partial charge on any atom is 0.416 e. The van der Waals surface area contributed by atoms with Crippen LogP contribution in [-0.4, -0.2) is 35.7 Å². The SMILES string of the molecule is N#Cc1ccc(C2C3=C(CCCC3=O)N(c3cccc(C(F)(F)F)c3)C(=O)N2C(=O)NCC(F)F)cc1. The zero-order chi connectivity index (χ0) is 26.9. The standard InChI is InChI=1S/C25H19F5N4O3/c26-20(27)13-32-23(36)34-22(15-9-7-14(12-31)8-10-15)21-18(5-2-6-19(21)35)33(24(34)37)17-4-1-3-16(11-17)25(28,29)30/h1,3-4,7-11,20,22H,2,5-6,13H2,(H,32,36). The second kappa shape index (κ2) is 10.0. The third-order valence-corrected chi connectivity index (χ3v) is 6.04. The molecule has 12 heteroatoms. The normalized spacial score (nSPS) is 18.1. The van der Waals surface area contributed by atoms with E-state index in [1.54, 1.807) is 0 Å². The molecule has 1 aliphatic carbocycles. The van der Waals surface area contributed by atoms with Gasteiger partial charge < -0.3 is 5.32 Å². The number of hydrogen-bond acceptors (Lipinski definition) is 4. The summed E-state index contributed by atoms with van der Waals surface area (Å²) in [6.07, 6.45) is -7.14. The summed E-state index contributed by atoms with van der Waals surface area (Å²) in [6, 6.07) is 7.75. The lowest BCUT2D eigenvalue weighted by molar-refractivity contribution is -0.137. The highest BCUT2D eigenvalue weighted by Gasteiger charge is 2.47. The molecule has 1 unspecified atom stereocenters. The predicted molar refractivity (Wildman–Crippen MR) is 120 cm³/mol. The van der Waals surface area contributed by atoms with Crippen molar-refractivity contribution in [2.45, 2.75) is 37.9 Å². The van der Waals surface area contributed by atoms with Gasteiger partial charge in [-0.15, -0.1) is 0 Å². The number of alkyl halides is 5. The van der Waals surface area contributed by atoms with Gasteiger partial charge in [0.25, 0.3) is 6.43 Å². The Balaban J connectivity index is 1.93. The fourth-order valence-corrected chi connectivity index (χ4v) is 4.45. The molecule has 0 saturated heterocycles. The number of imide groups is 1. The fourth-order valence-electron chi connectivity index (χ4n) is 4.45. The minimum Gasteiger partial charge on any atom is -0.332 e. The van der Waals surface area contributed by atoms with Crippen LogP contribution in [0.2, 0.25) is 0 Å². The van der Waals surface area contributed by atoms with E-state index >= 15 is 0 Å². The maximum absolute atomic E-state index is 13.8. The van der Waals surface area contributed by atoms with Crippen molar-refractivity contribution in [2.75, 3.05) is 11.4 Å². The van der Waals surface area contributed by atoms with Crippen LogP contribution < -0.4 is 10.2 Å². The van der Waals surface area contributed by atoms with Crippen LogP contribution in [0.4, 0.5) is 37.2 Å². The summed E-state index contributed by atoms with van der Waals surface area (Å²) in [5, 5.41) is 11.1. The van der Waals surface area contributed by atoms with E-state index in [4.69, 9.17) is 5.26 Å². The lowest BCUT2D eigenvalue weighted by Crippen LogP contribution is -2.57. The number of amides is 4. The van der Waals surface area contributed by atoms with Crippen LogP contribution in [-0.2, 0) is 11.0 Å². The lowest BCUT2D eigenvalue weighted by atomic mass is 9.83. The van der Waals surface area contributed by atoms with E-state index in [9.17, 15) is 36.3 Å². The third kappa shape index (κ3) is 5.02. The summed E-state index contributed by atoms with van der Waals surface area (Å²) in [5.41, 5.74) is -0.634. The van der Waals surface area contributed by atoms with Crippen LogP contribution in [0.15, 0.2) is 59.8 Å². The molecule has 4 rings (SSSR count). The molecule has 4 amide bonds. The Morgan fingerprint density at radius 2 is 1.81 bits per heavy atom. The lowest BCUT2D eigenvalue weighted by Gasteiger charge is -2.44. The van der Waals surface area contributed by atoms with Gasteiger partial charge in [-0.2, -0.15) is 18.4 Å². The number of ketones is 1. The Hall–Kier alpha value is -4.27. The zero-order valence-corrected chi connectivity index (χ0v) is 19.1. The van der Waals surface area contributed by atoms with E-state index in [1.165, 1.54) is 30.3 Å². The number of allylic oxidation sites excluding steroid dienone is 1. The first-order chi connectivity index (χ1) is 17.5. The summed E-state index contributed by atoms with van der Waals surface area (Å²) < 4.78 is 66.0. The molecule has 0 aromatic heterocycles. The maximum atomic E-state index is 13.8. The molecule has 0 saturated carbocycles. The predicted octanol–water partition coefficient (Wildman–Crippen LogP) is 5.54. The molecular formula is C25H19F5N4O3. The quantitative estimate of drug-likeness (QED) is 0.538. The van der Waals surface area contributed by atoms with Crippen LogP contribution in [0.1, 0.15) is 42.0 Å². The van der Waals surface area contributed by atoms with Crippen molar-refractivity contribution >= 4 is 23.5 Å². The number of carbonyl (C=O) groups is 3. The third-order valence-electron chi connectivity index (χ3n) is 6.04. The Bertz CT molecular complexity index is 1310. The average Bonchev–Trinajstić information content (AvgIpc) is 2.86. The van der Waals surface area contributed by atoms with Gasteiger partial charge in [0.15, 0.2) is 5.78 Å². The van der Waals surface area contributed by atoms with E-state index in [1.807, 2.05) is 11.4 Å². The van der Waals surface area contributed by atoms with Crippen molar-refractivity contribution in [1.29, 1.82) is 5.26 Å². The average molecular weight is 518 g/mol. The molecule has 1 atom stereocenters. The van der Waals surface area contributed by atoms with Gasteiger partial charge in [0.1, 0.15) is 0 Å². The molecule has 2 aromatic rings. The molecular weight excluding hydrogens is 499 g/mol. The van der Waals surface area contributed by atoms with Crippen molar-refractivity contribution in [3.8, 4) is 6.07 Å². The molecule has 0 radical (unpaired) electrons. The van der Waals surface area contributed by atoms with Crippen molar-refractivity contribution in [1.82, 2.24) is 10.2 Å². The highest BCUT2D eigenvalue weighted by Crippen LogP contribution is 2.44. The van der Waals surface area contributed by atoms with Crippen LogP contribution in [0.3, 0.4) is 0 Å². The number of benzene rings is 2. The second-order valence-corrected chi connectivity index (χ2v) is 8.39. The van der Waals surface area contributed by atoms with E-state index in [2.05, 4.69) is 0 Å². The van der Waals surface area contributed by atoms with Crippen molar-refractivity contribution in [2.24, 2.45) is 0 Å². The number of carbonyl (C=O) groups excluding carboxylic acids is 3. The van der Waals surface area contributed by atoms with E-state index in [0.29, 0.717) is 11.3 Å². The molecule has 2 aromatic carbocycles. The van der Waals surface area contributed by atoms with Crippen LogP contribution in [0, 0.1) is 11.3 Å². The zero-order valence-electron chi connectivity index (χ0n) is 19.1. The second-order valence-electron chi connectivity index (χ2n) is 8.39. The summed E-state index contributed by atoms with van der Waals surface area (Å²) in [4.78, 5) is 41.4. The molecule has 0 fully saturated rings. The number of urea groups is 2. The van der Waals surface area contributed by atoms with Gasteiger partial charge in [-0.1, -0.05) is 18.2 Å². The summed E-state index contributed by atoms with van der Waals surface area (Å²) in [7, 11) is 0. The first-order valence-corrected chi connectivity index (χ1v) is 11.2. The van der Waals surface area contributed by atoms with Gasteiger partial charge in [0, 0.05) is 17.7 Å². The smallest absolute Gasteiger partial charge is 0.332 e. The van der Waals surface area contributed by atoms with Crippen LogP contribution in [0.5, 0.6) is 0 Å². The Labute approximate surface area is 207 Å². The topological polar surface area (TPSA) is 93.5 Å². The highest BCUT2D eigenvalue weighted by molar-refractivity contribution is 6.11. The largest absolute Gasteiger partial charge is 0.416 e. The van der Waals surface area contributed by atoms with E-state index in [-0.39, 0.29) is 40.9 Å². The van der Waals surface area contributed by atoms with Gasteiger partial charge >= 0.3 is 18.2 Å². The van der Waals surface area contributed by atoms with E-state index < -0.39 is 48.6 Å².